The van der Waals surface area contributed by atoms with Crippen LogP contribution < -0.4 is 10.2 Å². The third-order valence-electron chi connectivity index (χ3n) is 0.989. The molecule has 0 fully saturated rings. The highest BCUT2D eigenvalue weighted by Crippen LogP contribution is 1.99. The van der Waals surface area contributed by atoms with Gasteiger partial charge < -0.3 is 4.74 Å². The van der Waals surface area contributed by atoms with E-state index in [0.717, 1.165) is 0 Å². The van der Waals surface area contributed by atoms with E-state index >= 15 is 0 Å². The molecule has 0 saturated heterocycles. The molecule has 0 unspecified atom stereocenters. The first-order valence-electron chi connectivity index (χ1n) is 3.42. The van der Waals surface area contributed by atoms with Gasteiger partial charge in [0.15, 0.2) is 0 Å². The first kappa shape index (κ1) is 8.05. The second-order valence-electron chi connectivity index (χ2n) is 2.47. The lowest BCUT2D eigenvalue weighted by molar-refractivity contribution is 0.222. The van der Waals surface area contributed by atoms with Crippen molar-refractivity contribution in [1.29, 1.82) is 0 Å². The van der Waals surface area contributed by atoms with Gasteiger partial charge in [-0.15, -0.1) is 0 Å². The van der Waals surface area contributed by atoms with Gasteiger partial charge in [0.25, 0.3) is 0 Å². The maximum absolute atomic E-state index is 5.38. The van der Waals surface area contributed by atoms with Gasteiger partial charge in [-0.1, -0.05) is 5.46 Å². The average Bonchev–Trinajstić information content (AvgIpc) is 1.93. The number of hydrogen-bond donors (Lipinski definition) is 0. The van der Waals surface area contributed by atoms with Gasteiger partial charge in [-0.2, -0.15) is 0 Å². The first-order valence-corrected chi connectivity index (χ1v) is 3.42. The summed E-state index contributed by atoms with van der Waals surface area (Å²) in [5.41, 5.74) is 0.543. The minimum absolute atomic E-state index is 0.0959. The largest absolute Gasteiger partial charge is 0.461 e. The molecule has 2 radical (unpaired) electrons. The standard InChI is InChI=1S/C7H9BN2O/c1-5(2)11-7-9-3-6(8)4-10-7/h3-5H,1-2H3. The van der Waals surface area contributed by atoms with Crippen molar-refractivity contribution in [2.75, 3.05) is 0 Å². The number of hydrogen-bond acceptors (Lipinski definition) is 3. The lowest BCUT2D eigenvalue weighted by Crippen LogP contribution is -2.11. The van der Waals surface area contributed by atoms with Gasteiger partial charge in [-0.3, -0.25) is 0 Å². The van der Waals surface area contributed by atoms with Crippen LogP contribution in [0.2, 0.25) is 0 Å². The van der Waals surface area contributed by atoms with Crippen LogP contribution in [-0.2, 0) is 0 Å². The Bertz CT molecular complexity index is 222. The van der Waals surface area contributed by atoms with Gasteiger partial charge in [0, 0.05) is 12.4 Å². The van der Waals surface area contributed by atoms with Crippen LogP contribution in [-0.4, -0.2) is 23.9 Å². The average molecular weight is 148 g/mol. The molecule has 0 atom stereocenters. The van der Waals surface area contributed by atoms with Crippen molar-refractivity contribution in [1.82, 2.24) is 9.97 Å². The van der Waals surface area contributed by atoms with Gasteiger partial charge in [0.2, 0.25) is 0 Å². The van der Waals surface area contributed by atoms with E-state index in [9.17, 15) is 0 Å². The van der Waals surface area contributed by atoms with Crippen LogP contribution >= 0.6 is 0 Å². The van der Waals surface area contributed by atoms with Gasteiger partial charge in [-0.05, 0) is 13.8 Å². The van der Waals surface area contributed by atoms with E-state index in [0.29, 0.717) is 11.5 Å². The van der Waals surface area contributed by atoms with Crippen LogP contribution in [0.4, 0.5) is 0 Å². The third kappa shape index (κ3) is 2.57. The van der Waals surface area contributed by atoms with Crippen molar-refractivity contribution in [2.45, 2.75) is 20.0 Å². The fraction of sp³-hybridized carbons (Fsp3) is 0.429. The minimum Gasteiger partial charge on any atom is -0.461 e. The Balaban J connectivity index is 2.66. The number of aromatic nitrogens is 2. The van der Waals surface area contributed by atoms with Crippen molar-refractivity contribution in [2.24, 2.45) is 0 Å². The molecule has 1 heterocycles. The molecule has 3 nitrogen and oxygen atoms in total. The number of nitrogens with zero attached hydrogens (tertiary/aromatic N) is 2. The molecule has 0 aliphatic carbocycles. The summed E-state index contributed by atoms with van der Waals surface area (Å²) >= 11 is 0. The van der Waals surface area contributed by atoms with E-state index in [4.69, 9.17) is 12.6 Å². The molecule has 0 aliphatic heterocycles. The van der Waals surface area contributed by atoms with E-state index in [-0.39, 0.29) is 6.10 Å². The Morgan fingerprint density at radius 3 is 2.36 bits per heavy atom. The SMILES string of the molecule is [B]c1cnc(OC(C)C)nc1. The van der Waals surface area contributed by atoms with Crippen molar-refractivity contribution in [3.63, 3.8) is 0 Å². The van der Waals surface area contributed by atoms with E-state index in [1.54, 1.807) is 0 Å². The summed E-state index contributed by atoms with van der Waals surface area (Å²) in [4.78, 5) is 7.72. The first-order chi connectivity index (χ1) is 5.18. The topological polar surface area (TPSA) is 35.0 Å². The molecule has 0 saturated carbocycles. The predicted octanol–water partition coefficient (Wildman–Crippen LogP) is 0.0576. The number of ether oxygens (including phenoxy) is 1. The van der Waals surface area contributed by atoms with E-state index < -0.39 is 0 Å². The van der Waals surface area contributed by atoms with Gasteiger partial charge in [0.1, 0.15) is 7.85 Å². The zero-order chi connectivity index (χ0) is 8.27. The fourth-order valence-corrected chi connectivity index (χ4v) is 0.598. The zero-order valence-corrected chi connectivity index (χ0v) is 6.61. The lowest BCUT2D eigenvalue weighted by atomic mass is 10.0. The molecule has 11 heavy (non-hydrogen) atoms. The highest BCUT2D eigenvalue weighted by atomic mass is 16.5. The second kappa shape index (κ2) is 3.37. The van der Waals surface area contributed by atoms with Crippen LogP contribution in [0, 0.1) is 0 Å². The molecule has 56 valence electrons. The zero-order valence-electron chi connectivity index (χ0n) is 6.61. The van der Waals surface area contributed by atoms with Crippen LogP contribution in [0.1, 0.15) is 13.8 Å². The fourth-order valence-electron chi connectivity index (χ4n) is 0.598. The molecule has 0 N–H and O–H groups in total. The smallest absolute Gasteiger partial charge is 0.316 e. The molecule has 4 heteroatoms. The molecular formula is C7H9BN2O. The van der Waals surface area contributed by atoms with Crippen LogP contribution in [0.5, 0.6) is 6.01 Å². The minimum atomic E-state index is 0.0959. The highest BCUT2D eigenvalue weighted by molar-refractivity contribution is 6.31. The molecule has 0 aliphatic rings. The van der Waals surface area contributed by atoms with Crippen molar-refractivity contribution in [3.8, 4) is 6.01 Å². The molecule has 1 rings (SSSR count). The Kier molecular flexibility index (Phi) is 2.46. The second-order valence-corrected chi connectivity index (χ2v) is 2.47. The van der Waals surface area contributed by atoms with Crippen molar-refractivity contribution < 1.29 is 4.74 Å². The molecule has 0 bridgehead atoms. The normalized spacial score (nSPS) is 10.1. The van der Waals surface area contributed by atoms with E-state index in [1.165, 1.54) is 12.4 Å². The van der Waals surface area contributed by atoms with Crippen molar-refractivity contribution in [3.05, 3.63) is 12.4 Å². The summed E-state index contributed by atoms with van der Waals surface area (Å²) in [6.45, 7) is 3.83. The monoisotopic (exact) mass is 148 g/mol. The quantitative estimate of drug-likeness (QED) is 0.556. The van der Waals surface area contributed by atoms with Gasteiger partial charge in [-0.25, -0.2) is 9.97 Å². The Hall–Kier alpha value is -1.06. The maximum Gasteiger partial charge on any atom is 0.316 e. The highest BCUT2D eigenvalue weighted by Gasteiger charge is 1.97. The maximum atomic E-state index is 5.38. The number of rotatable bonds is 2. The van der Waals surface area contributed by atoms with Gasteiger partial charge in [0.05, 0.1) is 6.10 Å². The van der Waals surface area contributed by atoms with E-state index in [2.05, 4.69) is 9.97 Å². The molecule has 0 amide bonds. The molecule has 0 spiro atoms. The summed E-state index contributed by atoms with van der Waals surface area (Å²) < 4.78 is 5.19. The van der Waals surface area contributed by atoms with Gasteiger partial charge >= 0.3 is 6.01 Å². The predicted molar refractivity (Wildman–Crippen MR) is 43.2 cm³/mol. The summed E-state index contributed by atoms with van der Waals surface area (Å²) in [6, 6.07) is 0.370. The summed E-state index contributed by atoms with van der Waals surface area (Å²) in [7, 11) is 5.38. The summed E-state index contributed by atoms with van der Waals surface area (Å²) in [5, 5.41) is 0. The molecule has 1 aromatic rings. The Morgan fingerprint density at radius 2 is 1.91 bits per heavy atom. The lowest BCUT2D eigenvalue weighted by Gasteiger charge is -2.06. The Morgan fingerprint density at radius 1 is 1.36 bits per heavy atom. The summed E-state index contributed by atoms with van der Waals surface area (Å²) in [5.74, 6) is 0. The Labute approximate surface area is 67.2 Å². The van der Waals surface area contributed by atoms with E-state index in [1.807, 2.05) is 13.8 Å². The molecule has 1 aromatic heterocycles. The van der Waals surface area contributed by atoms with Crippen LogP contribution in [0.15, 0.2) is 12.4 Å². The molecular weight excluding hydrogens is 139 g/mol. The van der Waals surface area contributed by atoms with Crippen LogP contribution in [0.25, 0.3) is 0 Å². The summed E-state index contributed by atoms with van der Waals surface area (Å²) in [6.07, 6.45) is 3.13. The van der Waals surface area contributed by atoms with Crippen LogP contribution in [0.3, 0.4) is 0 Å². The molecule has 0 aromatic carbocycles. The third-order valence-corrected chi connectivity index (χ3v) is 0.989. The van der Waals surface area contributed by atoms with Crippen molar-refractivity contribution >= 4 is 13.3 Å².